The second-order valence-corrected chi connectivity index (χ2v) is 5.05. The predicted molar refractivity (Wildman–Crippen MR) is 69.8 cm³/mol. The largest absolute Gasteiger partial charge is 0.416 e. The van der Waals surface area contributed by atoms with Crippen molar-refractivity contribution in [2.24, 2.45) is 5.73 Å². The Labute approximate surface area is 111 Å². The Morgan fingerprint density at radius 2 is 1.84 bits per heavy atom. The fourth-order valence-corrected chi connectivity index (χ4v) is 2.61. The topological polar surface area (TPSA) is 38.0 Å². The van der Waals surface area contributed by atoms with E-state index in [2.05, 4.69) is 5.32 Å². The number of halogens is 3. The van der Waals surface area contributed by atoms with Gasteiger partial charge in [-0.05, 0) is 36.6 Å². The SMILES string of the molecule is NCc1cc(NC2CCCCC2)ccc1C(F)(F)F. The molecular formula is C14H19F3N2. The van der Waals surface area contributed by atoms with Crippen molar-refractivity contribution in [2.75, 3.05) is 5.32 Å². The number of anilines is 1. The minimum atomic E-state index is -4.34. The summed E-state index contributed by atoms with van der Waals surface area (Å²) in [6.45, 7) is -0.102. The molecule has 1 aliphatic rings. The summed E-state index contributed by atoms with van der Waals surface area (Å²) in [4.78, 5) is 0. The molecule has 0 saturated heterocycles. The normalized spacial score (nSPS) is 17.5. The molecule has 0 radical (unpaired) electrons. The average Bonchev–Trinajstić information content (AvgIpc) is 2.38. The minimum Gasteiger partial charge on any atom is -0.382 e. The molecule has 2 rings (SSSR count). The van der Waals surface area contributed by atoms with Crippen molar-refractivity contribution >= 4 is 5.69 Å². The van der Waals surface area contributed by atoms with Gasteiger partial charge in [-0.3, -0.25) is 0 Å². The zero-order valence-corrected chi connectivity index (χ0v) is 10.8. The van der Waals surface area contributed by atoms with E-state index in [9.17, 15) is 13.2 Å². The van der Waals surface area contributed by atoms with Crippen LogP contribution in [0.1, 0.15) is 43.2 Å². The van der Waals surface area contributed by atoms with Crippen molar-refractivity contribution in [3.05, 3.63) is 29.3 Å². The Morgan fingerprint density at radius 1 is 1.16 bits per heavy atom. The van der Waals surface area contributed by atoms with Gasteiger partial charge in [-0.15, -0.1) is 0 Å². The molecule has 0 bridgehead atoms. The maximum absolute atomic E-state index is 12.7. The van der Waals surface area contributed by atoms with E-state index in [-0.39, 0.29) is 12.1 Å². The number of nitrogens with two attached hydrogens (primary N) is 1. The maximum Gasteiger partial charge on any atom is 0.416 e. The smallest absolute Gasteiger partial charge is 0.382 e. The average molecular weight is 272 g/mol. The Balaban J connectivity index is 2.14. The van der Waals surface area contributed by atoms with Gasteiger partial charge in [0, 0.05) is 18.3 Å². The lowest BCUT2D eigenvalue weighted by molar-refractivity contribution is -0.138. The molecule has 0 amide bonds. The first kappa shape index (κ1) is 14.2. The molecule has 106 valence electrons. The van der Waals surface area contributed by atoms with Gasteiger partial charge in [0.05, 0.1) is 5.56 Å². The number of rotatable bonds is 3. The predicted octanol–water partition coefficient (Wildman–Crippen LogP) is 3.91. The van der Waals surface area contributed by atoms with Crippen LogP contribution < -0.4 is 11.1 Å². The molecule has 1 aromatic rings. The Kier molecular flexibility index (Phi) is 4.34. The summed E-state index contributed by atoms with van der Waals surface area (Å²) in [6.07, 6.45) is 1.44. The molecule has 2 nitrogen and oxygen atoms in total. The van der Waals surface area contributed by atoms with E-state index in [0.29, 0.717) is 6.04 Å². The van der Waals surface area contributed by atoms with Gasteiger partial charge in [0.15, 0.2) is 0 Å². The second-order valence-electron chi connectivity index (χ2n) is 5.05. The van der Waals surface area contributed by atoms with Gasteiger partial charge >= 0.3 is 6.18 Å². The van der Waals surface area contributed by atoms with Crippen LogP contribution in [0.25, 0.3) is 0 Å². The van der Waals surface area contributed by atoms with E-state index in [0.717, 1.165) is 24.6 Å². The molecule has 0 atom stereocenters. The lowest BCUT2D eigenvalue weighted by Crippen LogP contribution is -2.22. The highest BCUT2D eigenvalue weighted by atomic mass is 19.4. The van der Waals surface area contributed by atoms with Gasteiger partial charge in [-0.25, -0.2) is 0 Å². The Hall–Kier alpha value is -1.23. The summed E-state index contributed by atoms with van der Waals surface area (Å²) in [5, 5.41) is 3.31. The highest BCUT2D eigenvalue weighted by Gasteiger charge is 2.32. The maximum atomic E-state index is 12.7. The van der Waals surface area contributed by atoms with Crippen molar-refractivity contribution < 1.29 is 13.2 Å². The van der Waals surface area contributed by atoms with Crippen molar-refractivity contribution in [1.29, 1.82) is 0 Å². The molecule has 1 fully saturated rings. The molecule has 0 spiro atoms. The Morgan fingerprint density at radius 3 is 2.42 bits per heavy atom. The molecule has 0 unspecified atom stereocenters. The first-order chi connectivity index (χ1) is 9.00. The summed E-state index contributed by atoms with van der Waals surface area (Å²) in [5.74, 6) is 0. The second kappa shape index (κ2) is 5.82. The lowest BCUT2D eigenvalue weighted by atomic mass is 9.95. The molecule has 1 saturated carbocycles. The summed E-state index contributed by atoms with van der Waals surface area (Å²) in [6, 6.07) is 4.51. The van der Waals surface area contributed by atoms with Gasteiger partial charge in [-0.2, -0.15) is 13.2 Å². The standard InChI is InChI=1S/C14H19F3N2/c15-14(16,17)13-7-6-12(8-10(13)9-18)19-11-4-2-1-3-5-11/h6-8,11,19H,1-5,9,18H2. The van der Waals surface area contributed by atoms with E-state index >= 15 is 0 Å². The van der Waals surface area contributed by atoms with Crippen LogP contribution in [0.3, 0.4) is 0 Å². The van der Waals surface area contributed by atoms with E-state index in [4.69, 9.17) is 5.73 Å². The molecular weight excluding hydrogens is 253 g/mol. The lowest BCUT2D eigenvalue weighted by Gasteiger charge is -2.24. The molecule has 1 aromatic carbocycles. The number of hydrogen-bond acceptors (Lipinski definition) is 2. The number of hydrogen-bond donors (Lipinski definition) is 2. The molecule has 0 heterocycles. The van der Waals surface area contributed by atoms with Crippen LogP contribution in [0.5, 0.6) is 0 Å². The minimum absolute atomic E-state index is 0.102. The summed E-state index contributed by atoms with van der Waals surface area (Å²) < 4.78 is 38.2. The van der Waals surface area contributed by atoms with Crippen LogP contribution in [-0.4, -0.2) is 6.04 Å². The van der Waals surface area contributed by atoms with Crippen molar-refractivity contribution in [1.82, 2.24) is 0 Å². The fourth-order valence-electron chi connectivity index (χ4n) is 2.61. The van der Waals surface area contributed by atoms with Crippen molar-refractivity contribution in [2.45, 2.75) is 50.9 Å². The summed E-state index contributed by atoms with van der Waals surface area (Å²) in [7, 11) is 0. The Bertz CT molecular complexity index is 423. The highest BCUT2D eigenvalue weighted by molar-refractivity contribution is 5.50. The van der Waals surface area contributed by atoms with E-state index in [1.54, 1.807) is 0 Å². The van der Waals surface area contributed by atoms with Gasteiger partial charge in [0.25, 0.3) is 0 Å². The zero-order chi connectivity index (χ0) is 13.9. The third kappa shape index (κ3) is 3.62. The van der Waals surface area contributed by atoms with Gasteiger partial charge in [-0.1, -0.05) is 19.3 Å². The summed E-state index contributed by atoms with van der Waals surface area (Å²) in [5.41, 5.74) is 5.67. The van der Waals surface area contributed by atoms with Gasteiger partial charge < -0.3 is 11.1 Å². The summed E-state index contributed by atoms with van der Waals surface area (Å²) >= 11 is 0. The molecule has 0 aliphatic heterocycles. The third-order valence-electron chi connectivity index (χ3n) is 3.61. The molecule has 19 heavy (non-hydrogen) atoms. The van der Waals surface area contributed by atoms with Gasteiger partial charge in [0.1, 0.15) is 0 Å². The fraction of sp³-hybridized carbons (Fsp3) is 0.571. The number of benzene rings is 1. The molecule has 3 N–H and O–H groups in total. The van der Waals surface area contributed by atoms with Crippen LogP contribution in [0.15, 0.2) is 18.2 Å². The zero-order valence-electron chi connectivity index (χ0n) is 10.8. The molecule has 1 aliphatic carbocycles. The third-order valence-corrected chi connectivity index (χ3v) is 3.61. The highest BCUT2D eigenvalue weighted by Crippen LogP contribution is 2.33. The first-order valence-electron chi connectivity index (χ1n) is 6.67. The monoisotopic (exact) mass is 272 g/mol. The molecule has 0 aromatic heterocycles. The van der Waals surface area contributed by atoms with Crippen LogP contribution in [0, 0.1) is 0 Å². The van der Waals surface area contributed by atoms with E-state index < -0.39 is 11.7 Å². The van der Waals surface area contributed by atoms with Crippen LogP contribution in [0.2, 0.25) is 0 Å². The van der Waals surface area contributed by atoms with Crippen LogP contribution in [0.4, 0.5) is 18.9 Å². The van der Waals surface area contributed by atoms with Gasteiger partial charge in [0.2, 0.25) is 0 Å². The van der Waals surface area contributed by atoms with E-state index in [1.807, 2.05) is 0 Å². The first-order valence-corrected chi connectivity index (χ1v) is 6.67. The number of alkyl halides is 3. The van der Waals surface area contributed by atoms with Crippen LogP contribution in [-0.2, 0) is 12.7 Å². The molecule has 5 heteroatoms. The van der Waals surface area contributed by atoms with E-state index in [1.165, 1.54) is 31.4 Å². The quantitative estimate of drug-likeness (QED) is 0.875. The number of nitrogens with one attached hydrogen (secondary N) is 1. The van der Waals surface area contributed by atoms with Crippen molar-refractivity contribution in [3.8, 4) is 0 Å². The van der Waals surface area contributed by atoms with Crippen LogP contribution >= 0.6 is 0 Å². The van der Waals surface area contributed by atoms with Crippen molar-refractivity contribution in [3.63, 3.8) is 0 Å².